The number of halogens is 1. The van der Waals surface area contributed by atoms with Gasteiger partial charge >= 0.3 is 5.97 Å². The van der Waals surface area contributed by atoms with Crippen LogP contribution in [0.15, 0.2) is 54.1 Å². The molecule has 2 aliphatic carbocycles. The van der Waals surface area contributed by atoms with E-state index in [0.29, 0.717) is 17.9 Å². The van der Waals surface area contributed by atoms with Gasteiger partial charge in [-0.2, -0.15) is 0 Å². The average Bonchev–Trinajstić information content (AvgIpc) is 3.07. The van der Waals surface area contributed by atoms with Crippen LogP contribution in [0.1, 0.15) is 50.2 Å². The van der Waals surface area contributed by atoms with Crippen molar-refractivity contribution in [3.8, 4) is 0 Å². The molecule has 2 aliphatic rings. The predicted molar refractivity (Wildman–Crippen MR) is 125 cm³/mol. The molecule has 0 bridgehead atoms. The maximum atomic E-state index is 13.0. The van der Waals surface area contributed by atoms with Gasteiger partial charge in [0.05, 0.1) is 7.11 Å². The van der Waals surface area contributed by atoms with Crippen LogP contribution in [0.3, 0.4) is 0 Å². The summed E-state index contributed by atoms with van der Waals surface area (Å²) in [6, 6.07) is 16.0. The Labute approximate surface area is 189 Å². The zero-order chi connectivity index (χ0) is 22.1. The van der Waals surface area contributed by atoms with Crippen molar-refractivity contribution in [1.82, 2.24) is 0 Å². The first-order valence-corrected chi connectivity index (χ1v) is 11.3. The largest absolute Gasteiger partial charge is 0.467 e. The lowest BCUT2D eigenvalue weighted by Crippen LogP contribution is -2.52. The summed E-state index contributed by atoms with van der Waals surface area (Å²) in [5, 5.41) is 13.8. The summed E-state index contributed by atoms with van der Waals surface area (Å²) in [6.45, 7) is 2.26. The number of allylic oxidation sites excluding steroid dienone is 1. The molecule has 1 spiro atoms. The van der Waals surface area contributed by atoms with E-state index in [1.165, 1.54) is 23.8 Å². The van der Waals surface area contributed by atoms with Crippen molar-refractivity contribution in [2.75, 3.05) is 19.0 Å². The quantitative estimate of drug-likeness (QED) is 0.576. The van der Waals surface area contributed by atoms with Crippen LogP contribution in [-0.2, 0) is 14.9 Å². The van der Waals surface area contributed by atoms with Gasteiger partial charge in [0.15, 0.2) is 0 Å². The number of anilines is 1. The van der Waals surface area contributed by atoms with Crippen LogP contribution < -0.4 is 5.32 Å². The first kappa shape index (κ1) is 21.9. The Kier molecular flexibility index (Phi) is 6.14. The Morgan fingerprint density at radius 3 is 2.58 bits per heavy atom. The molecule has 1 fully saturated rings. The molecule has 1 atom stereocenters. The number of hydrogen-bond acceptors (Lipinski definition) is 4. The molecule has 164 valence electrons. The maximum Gasteiger partial charge on any atom is 0.331 e. The fraction of sp³-hybridized carbons (Fsp3) is 0.423. The minimum atomic E-state index is -0.782. The van der Waals surface area contributed by atoms with E-state index >= 15 is 0 Å². The molecule has 1 saturated carbocycles. The van der Waals surface area contributed by atoms with Crippen LogP contribution >= 0.6 is 11.6 Å². The van der Waals surface area contributed by atoms with Crippen molar-refractivity contribution in [2.24, 2.45) is 5.92 Å². The van der Waals surface area contributed by atoms with Crippen LogP contribution in [0.5, 0.6) is 0 Å². The second-order valence-corrected chi connectivity index (χ2v) is 9.48. The minimum absolute atomic E-state index is 0.0897. The molecule has 0 radical (unpaired) electrons. The lowest BCUT2D eigenvalue weighted by Gasteiger charge is -2.46. The Bertz CT molecular complexity index is 992. The molecule has 2 aromatic carbocycles. The molecule has 1 unspecified atom stereocenters. The highest BCUT2D eigenvalue weighted by Crippen LogP contribution is 2.55. The van der Waals surface area contributed by atoms with E-state index in [2.05, 4.69) is 42.6 Å². The Balaban J connectivity index is 1.66. The van der Waals surface area contributed by atoms with Crippen LogP contribution in [0.2, 0.25) is 5.02 Å². The van der Waals surface area contributed by atoms with Crippen molar-refractivity contribution >= 4 is 29.3 Å². The monoisotopic (exact) mass is 439 g/mol. The lowest BCUT2D eigenvalue weighted by molar-refractivity contribution is -0.147. The second kappa shape index (κ2) is 8.68. The van der Waals surface area contributed by atoms with Gasteiger partial charge in [0.2, 0.25) is 0 Å². The summed E-state index contributed by atoms with van der Waals surface area (Å²) in [4.78, 5) is 13.0. The van der Waals surface area contributed by atoms with Gasteiger partial charge in [0, 0.05) is 22.7 Å². The fourth-order valence-electron chi connectivity index (χ4n) is 5.36. The molecule has 0 aliphatic heterocycles. The van der Waals surface area contributed by atoms with E-state index in [4.69, 9.17) is 16.3 Å². The summed E-state index contributed by atoms with van der Waals surface area (Å²) >= 11 is 6.17. The highest BCUT2D eigenvalue weighted by Gasteiger charge is 2.51. The number of aliphatic hydroxyl groups is 1. The molecular weight excluding hydrogens is 410 g/mol. The highest BCUT2D eigenvalue weighted by atomic mass is 35.5. The zero-order valence-corrected chi connectivity index (χ0v) is 18.9. The van der Waals surface area contributed by atoms with E-state index in [-0.39, 0.29) is 23.9 Å². The average molecular weight is 440 g/mol. The normalized spacial score (nSPS) is 25.6. The summed E-state index contributed by atoms with van der Waals surface area (Å²) in [7, 11) is 1.45. The Morgan fingerprint density at radius 2 is 1.90 bits per heavy atom. The number of fused-ring (bicyclic) bond motifs is 2. The molecule has 0 aromatic heterocycles. The number of rotatable bonds is 6. The van der Waals surface area contributed by atoms with E-state index in [9.17, 15) is 9.90 Å². The standard InChI is InChI=1S/C26H30ClNO3/c1-18(17-29)14-20-15-19-6-3-4-9-23(19)25(20)10-12-26(13-11-25,24(30)31-2)28-22-8-5-7-21(27)16-22/h3-9,15-16,18,28-29H,10-14,17H2,1-2H3. The van der Waals surface area contributed by atoms with E-state index in [0.717, 1.165) is 24.9 Å². The molecule has 2 N–H and O–H groups in total. The van der Waals surface area contributed by atoms with Gasteiger partial charge in [-0.05, 0) is 67.3 Å². The number of nitrogens with one attached hydrogen (secondary N) is 1. The molecule has 4 nitrogen and oxygen atoms in total. The van der Waals surface area contributed by atoms with E-state index in [1.807, 2.05) is 24.3 Å². The molecule has 0 amide bonds. The van der Waals surface area contributed by atoms with Gasteiger partial charge < -0.3 is 15.2 Å². The van der Waals surface area contributed by atoms with Gasteiger partial charge in [-0.1, -0.05) is 60.5 Å². The number of benzene rings is 2. The first-order valence-electron chi connectivity index (χ1n) is 11.0. The van der Waals surface area contributed by atoms with Crippen LogP contribution in [0, 0.1) is 5.92 Å². The molecule has 31 heavy (non-hydrogen) atoms. The SMILES string of the molecule is COC(=O)C1(Nc2cccc(Cl)c2)CCC2(CC1)C(CC(C)CO)=Cc1ccccc12. The van der Waals surface area contributed by atoms with Crippen molar-refractivity contribution in [3.63, 3.8) is 0 Å². The van der Waals surface area contributed by atoms with Crippen LogP contribution in [0.25, 0.3) is 6.08 Å². The summed E-state index contributed by atoms with van der Waals surface area (Å²) in [5.41, 5.74) is 3.93. The fourth-order valence-corrected chi connectivity index (χ4v) is 5.55. The van der Waals surface area contributed by atoms with Gasteiger partial charge in [-0.3, -0.25) is 0 Å². The second-order valence-electron chi connectivity index (χ2n) is 9.04. The van der Waals surface area contributed by atoms with Crippen molar-refractivity contribution in [1.29, 1.82) is 0 Å². The van der Waals surface area contributed by atoms with Crippen molar-refractivity contribution < 1.29 is 14.6 Å². The van der Waals surface area contributed by atoms with E-state index in [1.54, 1.807) is 0 Å². The number of ether oxygens (including phenoxy) is 1. The molecule has 5 heteroatoms. The van der Waals surface area contributed by atoms with Crippen molar-refractivity contribution in [3.05, 3.63) is 70.3 Å². The van der Waals surface area contributed by atoms with Gasteiger partial charge in [0.1, 0.15) is 5.54 Å². The summed E-state index contributed by atoms with van der Waals surface area (Å²) in [6.07, 6.45) is 6.17. The Hall–Kier alpha value is -2.30. The van der Waals surface area contributed by atoms with Crippen molar-refractivity contribution in [2.45, 2.75) is 50.0 Å². The molecule has 2 aromatic rings. The zero-order valence-electron chi connectivity index (χ0n) is 18.2. The molecule has 0 heterocycles. The minimum Gasteiger partial charge on any atom is -0.467 e. The number of hydrogen-bond donors (Lipinski definition) is 2. The van der Waals surface area contributed by atoms with Crippen LogP contribution in [0.4, 0.5) is 5.69 Å². The number of methoxy groups -OCH3 is 1. The number of esters is 1. The summed E-state index contributed by atoms with van der Waals surface area (Å²) in [5.74, 6) is -0.0304. The first-order chi connectivity index (χ1) is 14.9. The molecule has 4 rings (SSSR count). The maximum absolute atomic E-state index is 13.0. The third kappa shape index (κ3) is 3.99. The number of carbonyl (C=O) groups is 1. The third-order valence-corrected chi connectivity index (χ3v) is 7.28. The topological polar surface area (TPSA) is 58.6 Å². The lowest BCUT2D eigenvalue weighted by atomic mass is 9.61. The number of aliphatic hydroxyl groups excluding tert-OH is 1. The predicted octanol–water partition coefficient (Wildman–Crippen LogP) is 5.59. The Morgan fingerprint density at radius 1 is 1.16 bits per heavy atom. The van der Waals surface area contributed by atoms with Gasteiger partial charge in [-0.25, -0.2) is 4.79 Å². The van der Waals surface area contributed by atoms with E-state index < -0.39 is 5.54 Å². The van der Waals surface area contributed by atoms with Gasteiger partial charge in [0.25, 0.3) is 0 Å². The third-order valence-electron chi connectivity index (χ3n) is 7.04. The highest BCUT2D eigenvalue weighted by molar-refractivity contribution is 6.30. The van der Waals surface area contributed by atoms with Gasteiger partial charge in [-0.15, -0.1) is 0 Å². The summed E-state index contributed by atoms with van der Waals surface area (Å²) < 4.78 is 5.24. The van der Waals surface area contributed by atoms with Crippen LogP contribution in [-0.4, -0.2) is 30.3 Å². The smallest absolute Gasteiger partial charge is 0.331 e. The number of carbonyl (C=O) groups excluding carboxylic acids is 1. The molecular formula is C26H30ClNO3. The molecule has 0 saturated heterocycles.